The molecule has 5 aromatic rings. The van der Waals surface area contributed by atoms with E-state index >= 15 is 0 Å². The van der Waals surface area contributed by atoms with Crippen LogP contribution in [0.25, 0.3) is 42.8 Å². The molecule has 0 radical (unpaired) electrons. The standard InChI is InChI=1S/C24H18ClN3O2S.C4H10O/c1-13-9-19-23(22(18(13)11-21(29)30)14-3-6-17(25)7-4-14)31-24(27-19)15-5-8-20-16(10-15)12-26-28(20)2;1-4(2,3)5/h3-10,12H,11H2,1-2H3,(H,29,30);5H,1-3H3. The second-order valence-electron chi connectivity index (χ2n) is 9.70. The summed E-state index contributed by atoms with van der Waals surface area (Å²) < 4.78 is 2.82. The number of aliphatic carboxylic acids is 1. The van der Waals surface area contributed by atoms with Gasteiger partial charge in [0.1, 0.15) is 5.01 Å². The lowest BCUT2D eigenvalue weighted by atomic mass is 9.93. The largest absolute Gasteiger partial charge is 0.481 e. The fourth-order valence-electron chi connectivity index (χ4n) is 3.96. The van der Waals surface area contributed by atoms with Crippen LogP contribution in [0.5, 0.6) is 0 Å². The highest BCUT2D eigenvalue weighted by Crippen LogP contribution is 2.41. The Hall–Kier alpha value is -3.26. The maximum atomic E-state index is 11.6. The molecule has 2 N–H and O–H groups in total. The van der Waals surface area contributed by atoms with Crippen molar-refractivity contribution in [1.29, 1.82) is 0 Å². The smallest absolute Gasteiger partial charge is 0.307 e. The van der Waals surface area contributed by atoms with Crippen LogP contribution < -0.4 is 0 Å². The average molecular weight is 522 g/mol. The summed E-state index contributed by atoms with van der Waals surface area (Å²) in [7, 11) is 1.92. The lowest BCUT2D eigenvalue weighted by molar-refractivity contribution is -0.136. The van der Waals surface area contributed by atoms with E-state index in [1.807, 2.05) is 61.2 Å². The molecule has 8 heteroatoms. The number of halogens is 1. The van der Waals surface area contributed by atoms with E-state index in [2.05, 4.69) is 17.2 Å². The van der Waals surface area contributed by atoms with Gasteiger partial charge in [-0.15, -0.1) is 11.3 Å². The second-order valence-corrected chi connectivity index (χ2v) is 11.1. The zero-order chi connectivity index (χ0) is 26.2. The number of aryl methyl sites for hydroxylation is 2. The SMILES string of the molecule is CC(C)(C)O.Cc1cc2nc(-c3ccc4c(cnn4C)c3)sc2c(-c2ccc(Cl)cc2)c1CC(=O)O. The third-order valence-electron chi connectivity index (χ3n) is 5.47. The summed E-state index contributed by atoms with van der Waals surface area (Å²) in [4.78, 5) is 16.5. The third kappa shape index (κ3) is 5.75. The van der Waals surface area contributed by atoms with Crippen molar-refractivity contribution < 1.29 is 15.0 Å². The van der Waals surface area contributed by atoms with Crippen molar-refractivity contribution >= 4 is 50.0 Å². The Kier molecular flexibility index (Phi) is 7.18. The van der Waals surface area contributed by atoms with Crippen molar-refractivity contribution in [3.8, 4) is 21.7 Å². The van der Waals surface area contributed by atoms with Crippen LogP contribution in [-0.2, 0) is 18.3 Å². The molecule has 0 unspecified atom stereocenters. The van der Waals surface area contributed by atoms with Crippen LogP contribution in [0.1, 0.15) is 31.9 Å². The molecule has 0 spiro atoms. The molecule has 0 aliphatic rings. The summed E-state index contributed by atoms with van der Waals surface area (Å²) in [6.45, 7) is 7.17. The van der Waals surface area contributed by atoms with Crippen LogP contribution in [0.2, 0.25) is 5.02 Å². The molecule has 0 atom stereocenters. The van der Waals surface area contributed by atoms with Crippen LogP contribution in [0.15, 0.2) is 54.7 Å². The molecule has 2 heterocycles. The number of benzene rings is 3. The average Bonchev–Trinajstić information content (AvgIpc) is 3.37. The number of aliphatic hydroxyl groups is 1. The number of fused-ring (bicyclic) bond motifs is 2. The molecule has 2 aromatic heterocycles. The van der Waals surface area contributed by atoms with E-state index in [4.69, 9.17) is 21.7 Å². The molecule has 0 aliphatic carbocycles. The van der Waals surface area contributed by atoms with Crippen LogP contribution in [-0.4, -0.2) is 36.5 Å². The van der Waals surface area contributed by atoms with Crippen molar-refractivity contribution in [2.45, 2.75) is 39.7 Å². The minimum Gasteiger partial charge on any atom is -0.481 e. The molecule has 36 heavy (non-hydrogen) atoms. The number of hydrogen-bond donors (Lipinski definition) is 2. The summed E-state index contributed by atoms with van der Waals surface area (Å²) in [6, 6.07) is 15.7. The highest BCUT2D eigenvalue weighted by molar-refractivity contribution is 7.22. The van der Waals surface area contributed by atoms with Gasteiger partial charge in [0.2, 0.25) is 0 Å². The number of carboxylic acids is 1. The minimum absolute atomic E-state index is 0.0470. The molecule has 0 saturated carbocycles. The molecule has 0 aliphatic heterocycles. The Morgan fingerprint density at radius 2 is 1.72 bits per heavy atom. The molecule has 0 fully saturated rings. The molecular formula is C28H28ClN3O3S. The topological polar surface area (TPSA) is 88.2 Å². The van der Waals surface area contributed by atoms with Gasteiger partial charge in [-0.25, -0.2) is 4.98 Å². The van der Waals surface area contributed by atoms with Gasteiger partial charge in [-0.3, -0.25) is 9.48 Å². The van der Waals surface area contributed by atoms with E-state index in [1.165, 1.54) is 0 Å². The van der Waals surface area contributed by atoms with E-state index in [1.54, 1.807) is 32.1 Å². The lowest BCUT2D eigenvalue weighted by Gasteiger charge is -2.13. The number of rotatable bonds is 4. The summed E-state index contributed by atoms with van der Waals surface area (Å²) in [5.41, 5.74) is 6.02. The molecule has 0 saturated heterocycles. The normalized spacial score (nSPS) is 11.5. The Morgan fingerprint density at radius 3 is 2.36 bits per heavy atom. The number of aromatic nitrogens is 3. The third-order valence-corrected chi connectivity index (χ3v) is 6.86. The fraction of sp³-hybridized carbons (Fsp3) is 0.250. The Bertz CT molecular complexity index is 1560. The van der Waals surface area contributed by atoms with Crippen molar-refractivity contribution in [3.05, 3.63) is 70.9 Å². The van der Waals surface area contributed by atoms with E-state index in [9.17, 15) is 9.90 Å². The highest BCUT2D eigenvalue weighted by atomic mass is 35.5. The molecule has 3 aromatic carbocycles. The predicted molar refractivity (Wildman–Crippen MR) is 148 cm³/mol. The van der Waals surface area contributed by atoms with Gasteiger partial charge in [0.25, 0.3) is 0 Å². The van der Waals surface area contributed by atoms with Gasteiger partial charge in [0, 0.05) is 28.6 Å². The highest BCUT2D eigenvalue weighted by Gasteiger charge is 2.19. The molecule has 0 bridgehead atoms. The summed E-state index contributed by atoms with van der Waals surface area (Å²) >= 11 is 7.67. The molecule has 6 nitrogen and oxygen atoms in total. The lowest BCUT2D eigenvalue weighted by Crippen LogP contribution is -2.10. The van der Waals surface area contributed by atoms with E-state index in [0.29, 0.717) is 5.02 Å². The minimum atomic E-state index is -0.857. The van der Waals surface area contributed by atoms with Gasteiger partial charge >= 0.3 is 5.97 Å². The van der Waals surface area contributed by atoms with E-state index < -0.39 is 11.6 Å². The van der Waals surface area contributed by atoms with Crippen molar-refractivity contribution in [3.63, 3.8) is 0 Å². The van der Waals surface area contributed by atoms with Gasteiger partial charge in [-0.2, -0.15) is 5.10 Å². The van der Waals surface area contributed by atoms with Crippen LogP contribution in [0.3, 0.4) is 0 Å². The first kappa shape index (κ1) is 25.8. The van der Waals surface area contributed by atoms with Crippen LogP contribution in [0, 0.1) is 6.92 Å². The predicted octanol–water partition coefficient (Wildman–Crippen LogP) is 6.88. The summed E-state index contributed by atoms with van der Waals surface area (Å²) in [5.74, 6) is -0.857. The van der Waals surface area contributed by atoms with Gasteiger partial charge < -0.3 is 10.2 Å². The zero-order valence-electron chi connectivity index (χ0n) is 20.8. The molecule has 0 amide bonds. The van der Waals surface area contributed by atoms with Crippen molar-refractivity contribution in [1.82, 2.24) is 14.8 Å². The van der Waals surface area contributed by atoms with E-state index in [0.717, 1.165) is 53.9 Å². The van der Waals surface area contributed by atoms with Crippen molar-refractivity contribution in [2.24, 2.45) is 7.05 Å². The quantitative estimate of drug-likeness (QED) is 0.269. The Morgan fingerprint density at radius 1 is 1.08 bits per heavy atom. The van der Waals surface area contributed by atoms with E-state index in [-0.39, 0.29) is 6.42 Å². The van der Waals surface area contributed by atoms with Gasteiger partial charge in [-0.1, -0.05) is 23.7 Å². The Labute approximate surface area is 218 Å². The number of hydrogen-bond acceptors (Lipinski definition) is 5. The first-order valence-electron chi connectivity index (χ1n) is 11.5. The van der Waals surface area contributed by atoms with Crippen LogP contribution in [0.4, 0.5) is 0 Å². The maximum absolute atomic E-state index is 11.6. The second kappa shape index (κ2) is 10.0. The fourth-order valence-corrected chi connectivity index (χ4v) is 5.22. The number of thiazole rings is 1. The van der Waals surface area contributed by atoms with Gasteiger partial charge in [0.15, 0.2) is 0 Å². The molecule has 186 valence electrons. The van der Waals surface area contributed by atoms with Crippen LogP contribution >= 0.6 is 22.9 Å². The summed E-state index contributed by atoms with van der Waals surface area (Å²) in [5, 5.41) is 25.0. The monoisotopic (exact) mass is 521 g/mol. The van der Waals surface area contributed by atoms with Crippen molar-refractivity contribution in [2.75, 3.05) is 0 Å². The zero-order valence-corrected chi connectivity index (χ0v) is 22.4. The number of carbonyl (C=O) groups is 1. The number of carboxylic acid groups (broad SMARTS) is 1. The molecular weight excluding hydrogens is 494 g/mol. The van der Waals surface area contributed by atoms with Gasteiger partial charge in [0.05, 0.1) is 34.0 Å². The Balaban J connectivity index is 0.000000556. The first-order chi connectivity index (χ1) is 16.9. The summed E-state index contributed by atoms with van der Waals surface area (Å²) in [6.07, 6.45) is 1.80. The number of nitrogens with zero attached hydrogens (tertiary/aromatic N) is 3. The van der Waals surface area contributed by atoms with Gasteiger partial charge in [-0.05, 0) is 80.8 Å². The molecule has 5 rings (SSSR count). The first-order valence-corrected chi connectivity index (χ1v) is 12.7. The maximum Gasteiger partial charge on any atom is 0.307 e.